The molecule has 0 unspecified atom stereocenters. The lowest BCUT2D eigenvalue weighted by Gasteiger charge is -2.28. The summed E-state index contributed by atoms with van der Waals surface area (Å²) in [7, 11) is 0. The highest BCUT2D eigenvalue weighted by atomic mass is 16.6. The molecule has 1 aliphatic rings. The van der Waals surface area contributed by atoms with Crippen LogP contribution >= 0.6 is 0 Å². The summed E-state index contributed by atoms with van der Waals surface area (Å²) < 4.78 is 4.90. The lowest BCUT2D eigenvalue weighted by atomic mass is 9.98. The molecule has 4 heteroatoms. The lowest BCUT2D eigenvalue weighted by Crippen LogP contribution is -2.48. The number of carbonyl (C=O) groups excluding carboxylic acids is 2. The van der Waals surface area contributed by atoms with E-state index >= 15 is 0 Å². The highest BCUT2D eigenvalue weighted by Gasteiger charge is 2.45. The maximum atomic E-state index is 12.1. The van der Waals surface area contributed by atoms with Gasteiger partial charge in [0, 0.05) is 5.92 Å². The quantitative estimate of drug-likeness (QED) is 0.693. The molecule has 16 heavy (non-hydrogen) atoms. The van der Waals surface area contributed by atoms with Crippen LogP contribution in [0.5, 0.6) is 0 Å². The monoisotopic (exact) mass is 225 g/mol. The number of hydrogen-bond acceptors (Lipinski definition) is 3. The van der Waals surface area contributed by atoms with Crippen LogP contribution in [-0.2, 0) is 9.53 Å². The van der Waals surface area contributed by atoms with Crippen LogP contribution in [-0.4, -0.2) is 29.0 Å². The second-order valence-electron chi connectivity index (χ2n) is 5.10. The van der Waals surface area contributed by atoms with Crippen LogP contribution in [0.1, 0.15) is 34.1 Å². The number of cyclic esters (lactones) is 1. The van der Waals surface area contributed by atoms with E-state index < -0.39 is 11.6 Å². The first-order valence-corrected chi connectivity index (χ1v) is 5.41. The average molecular weight is 225 g/mol. The van der Waals surface area contributed by atoms with E-state index in [1.54, 1.807) is 6.92 Å². The molecule has 0 radical (unpaired) electrons. The average Bonchev–Trinajstić information content (AvgIpc) is 2.38. The van der Waals surface area contributed by atoms with E-state index in [4.69, 9.17) is 4.74 Å². The van der Waals surface area contributed by atoms with E-state index in [2.05, 4.69) is 6.58 Å². The van der Waals surface area contributed by atoms with E-state index in [1.807, 2.05) is 20.8 Å². The fourth-order valence-corrected chi connectivity index (χ4v) is 1.83. The summed E-state index contributed by atoms with van der Waals surface area (Å²) in [4.78, 5) is 24.8. The number of rotatable bonds is 3. The summed E-state index contributed by atoms with van der Waals surface area (Å²) in [6, 6.07) is 0. The van der Waals surface area contributed by atoms with Crippen molar-refractivity contribution in [2.75, 3.05) is 6.61 Å². The Bertz CT molecular complexity index is 333. The molecule has 4 nitrogen and oxygen atoms in total. The van der Waals surface area contributed by atoms with Crippen molar-refractivity contribution in [2.45, 2.75) is 39.7 Å². The van der Waals surface area contributed by atoms with Gasteiger partial charge in [-0.05, 0) is 27.2 Å². The molecule has 0 bridgehead atoms. The smallest absolute Gasteiger partial charge is 0.417 e. The minimum Gasteiger partial charge on any atom is -0.447 e. The van der Waals surface area contributed by atoms with Crippen molar-refractivity contribution in [3.8, 4) is 0 Å². The van der Waals surface area contributed by atoms with Gasteiger partial charge in [0.25, 0.3) is 0 Å². The van der Waals surface area contributed by atoms with Crippen molar-refractivity contribution < 1.29 is 14.3 Å². The molecule has 1 aliphatic heterocycles. The zero-order chi connectivity index (χ0) is 12.5. The molecule has 1 atom stereocenters. The Balaban J connectivity index is 2.80. The molecule has 1 fully saturated rings. The van der Waals surface area contributed by atoms with Gasteiger partial charge >= 0.3 is 6.09 Å². The Morgan fingerprint density at radius 1 is 1.62 bits per heavy atom. The van der Waals surface area contributed by atoms with Crippen LogP contribution in [0.15, 0.2) is 12.2 Å². The van der Waals surface area contributed by atoms with Crippen LogP contribution in [0.4, 0.5) is 4.79 Å². The van der Waals surface area contributed by atoms with Crippen molar-refractivity contribution >= 4 is 12.0 Å². The number of allylic oxidation sites excluding steroid dienone is 1. The van der Waals surface area contributed by atoms with Crippen molar-refractivity contribution in [2.24, 2.45) is 5.92 Å². The van der Waals surface area contributed by atoms with Gasteiger partial charge in [-0.2, -0.15) is 0 Å². The number of carbonyl (C=O) groups is 2. The number of hydrogen-bond donors (Lipinski definition) is 0. The SMILES string of the molecule is C=C(C)C[C@H](C)C(=O)N1C(=O)OCC1(C)C. The third-order valence-corrected chi connectivity index (χ3v) is 2.63. The van der Waals surface area contributed by atoms with Crippen LogP contribution < -0.4 is 0 Å². The molecule has 0 aromatic heterocycles. The highest BCUT2D eigenvalue weighted by molar-refractivity contribution is 5.95. The lowest BCUT2D eigenvalue weighted by molar-refractivity contribution is -0.134. The Morgan fingerprint density at radius 2 is 2.19 bits per heavy atom. The number of nitrogens with zero attached hydrogens (tertiary/aromatic N) is 1. The summed E-state index contributed by atoms with van der Waals surface area (Å²) >= 11 is 0. The third kappa shape index (κ3) is 2.43. The van der Waals surface area contributed by atoms with Crippen molar-refractivity contribution in [3.63, 3.8) is 0 Å². The normalized spacial score (nSPS) is 20.5. The maximum absolute atomic E-state index is 12.1. The summed E-state index contributed by atoms with van der Waals surface area (Å²) in [6.45, 7) is 11.4. The summed E-state index contributed by atoms with van der Waals surface area (Å²) in [5, 5.41) is 0. The van der Waals surface area contributed by atoms with Gasteiger partial charge in [-0.25, -0.2) is 9.69 Å². The Labute approximate surface area is 96.3 Å². The third-order valence-electron chi connectivity index (χ3n) is 2.63. The molecule has 0 aromatic rings. The molecule has 0 aromatic carbocycles. The summed E-state index contributed by atoms with van der Waals surface area (Å²) in [5.74, 6) is -0.419. The number of imide groups is 1. The molecule has 0 saturated carbocycles. The van der Waals surface area contributed by atoms with Crippen LogP contribution in [0, 0.1) is 5.92 Å². The van der Waals surface area contributed by atoms with Crippen LogP contribution in [0.3, 0.4) is 0 Å². The van der Waals surface area contributed by atoms with Gasteiger partial charge < -0.3 is 4.74 Å². The molecular formula is C12H19NO3. The van der Waals surface area contributed by atoms with Crippen LogP contribution in [0.25, 0.3) is 0 Å². The number of ether oxygens (including phenoxy) is 1. The van der Waals surface area contributed by atoms with Gasteiger partial charge in [0.1, 0.15) is 6.61 Å². The molecule has 90 valence electrons. The molecule has 2 amide bonds. The number of amides is 2. The fraction of sp³-hybridized carbons (Fsp3) is 0.667. The minimum atomic E-state index is -0.544. The standard InChI is InChI=1S/C12H19NO3/c1-8(2)6-9(3)10(14)13-11(15)16-7-12(13,4)5/h9H,1,6-7H2,2-5H3/t9-/m0/s1. The molecule has 0 aliphatic carbocycles. The largest absolute Gasteiger partial charge is 0.447 e. The molecule has 1 saturated heterocycles. The van der Waals surface area contributed by atoms with Gasteiger partial charge in [0.15, 0.2) is 0 Å². The van der Waals surface area contributed by atoms with E-state index in [0.717, 1.165) is 5.57 Å². The predicted octanol–water partition coefficient (Wildman–Crippen LogP) is 2.35. The minimum absolute atomic E-state index is 0.185. The maximum Gasteiger partial charge on any atom is 0.417 e. The van der Waals surface area contributed by atoms with Gasteiger partial charge in [-0.3, -0.25) is 4.79 Å². The molecule has 1 rings (SSSR count). The van der Waals surface area contributed by atoms with Crippen molar-refractivity contribution in [1.82, 2.24) is 4.90 Å². The molecule has 0 spiro atoms. The Morgan fingerprint density at radius 3 is 2.56 bits per heavy atom. The second kappa shape index (κ2) is 4.28. The van der Waals surface area contributed by atoms with Gasteiger partial charge in [0.2, 0.25) is 5.91 Å². The second-order valence-corrected chi connectivity index (χ2v) is 5.10. The van der Waals surface area contributed by atoms with Crippen LogP contribution in [0.2, 0.25) is 0 Å². The van der Waals surface area contributed by atoms with E-state index in [1.165, 1.54) is 4.90 Å². The fourth-order valence-electron chi connectivity index (χ4n) is 1.83. The zero-order valence-corrected chi connectivity index (χ0v) is 10.4. The Hall–Kier alpha value is -1.32. The van der Waals surface area contributed by atoms with Gasteiger partial charge in [-0.1, -0.05) is 12.5 Å². The first-order chi connectivity index (χ1) is 7.25. The topological polar surface area (TPSA) is 46.6 Å². The van der Waals surface area contributed by atoms with E-state index in [9.17, 15) is 9.59 Å². The predicted molar refractivity (Wildman–Crippen MR) is 60.9 cm³/mol. The summed E-state index contributed by atoms with van der Waals surface area (Å²) in [6.07, 6.45) is 0.0576. The summed E-state index contributed by atoms with van der Waals surface area (Å²) in [5.41, 5.74) is 0.392. The molecule has 0 N–H and O–H groups in total. The van der Waals surface area contributed by atoms with E-state index in [0.29, 0.717) is 6.42 Å². The zero-order valence-electron chi connectivity index (χ0n) is 10.4. The Kier molecular flexibility index (Phi) is 3.41. The highest BCUT2D eigenvalue weighted by Crippen LogP contribution is 2.26. The first kappa shape index (κ1) is 12.7. The van der Waals surface area contributed by atoms with Crippen molar-refractivity contribution in [3.05, 3.63) is 12.2 Å². The van der Waals surface area contributed by atoms with Crippen molar-refractivity contribution in [1.29, 1.82) is 0 Å². The first-order valence-electron chi connectivity index (χ1n) is 5.41. The molecule has 1 heterocycles. The van der Waals surface area contributed by atoms with Gasteiger partial charge in [0.05, 0.1) is 5.54 Å². The molecular weight excluding hydrogens is 206 g/mol. The van der Waals surface area contributed by atoms with E-state index in [-0.39, 0.29) is 18.4 Å². The van der Waals surface area contributed by atoms with Gasteiger partial charge in [-0.15, -0.1) is 6.58 Å².